The van der Waals surface area contributed by atoms with Crippen LogP contribution in [0, 0.1) is 0 Å². The number of nitrogens with one attached hydrogen (secondary N) is 1. The van der Waals surface area contributed by atoms with Crippen LogP contribution in [-0.2, 0) is 4.79 Å². The Morgan fingerprint density at radius 1 is 1.32 bits per heavy atom. The van der Waals surface area contributed by atoms with Crippen LogP contribution in [-0.4, -0.2) is 45.8 Å². The third kappa shape index (κ3) is 3.15. The number of urea groups is 1. The molecular weight excluding hydrogens is 272 g/mol. The highest BCUT2D eigenvalue weighted by atomic mass is 35.5. The van der Waals surface area contributed by atoms with E-state index in [1.807, 2.05) is 0 Å². The predicted molar refractivity (Wildman–Crippen MR) is 69.2 cm³/mol. The van der Waals surface area contributed by atoms with Gasteiger partial charge in [-0.25, -0.2) is 9.59 Å². The molecule has 0 radical (unpaired) electrons. The van der Waals surface area contributed by atoms with Gasteiger partial charge in [0.2, 0.25) is 0 Å². The molecule has 0 aromatic heterocycles. The van der Waals surface area contributed by atoms with E-state index in [-0.39, 0.29) is 13.0 Å². The van der Waals surface area contributed by atoms with E-state index in [1.54, 1.807) is 24.3 Å². The Hall–Kier alpha value is -1.79. The van der Waals surface area contributed by atoms with Gasteiger partial charge >= 0.3 is 12.0 Å². The van der Waals surface area contributed by atoms with Gasteiger partial charge in [-0.3, -0.25) is 0 Å². The average Bonchev–Trinajstić information content (AvgIpc) is 2.74. The number of hydrogen-bond acceptors (Lipinski definition) is 3. The van der Waals surface area contributed by atoms with Crippen molar-refractivity contribution in [1.29, 1.82) is 0 Å². The van der Waals surface area contributed by atoms with Crippen LogP contribution in [0.1, 0.15) is 6.42 Å². The van der Waals surface area contributed by atoms with Crippen molar-refractivity contribution in [2.24, 2.45) is 0 Å². The number of carboxylic acids is 1. The summed E-state index contributed by atoms with van der Waals surface area (Å²) >= 11 is 5.73. The Kier molecular flexibility index (Phi) is 3.92. The lowest BCUT2D eigenvalue weighted by atomic mass is 10.2. The monoisotopic (exact) mass is 284 g/mol. The molecule has 1 aromatic rings. The second-order valence-electron chi connectivity index (χ2n) is 4.33. The molecule has 2 atom stereocenters. The fraction of sp³-hybridized carbons (Fsp3) is 0.333. The largest absolute Gasteiger partial charge is 0.480 e. The maximum absolute atomic E-state index is 12.0. The number of β-amino-alcohol motifs (C(OH)–C–C–N with tert-alkyl or cyclic N) is 1. The number of likely N-dealkylation sites (tertiary alicyclic amines) is 1. The van der Waals surface area contributed by atoms with E-state index in [4.69, 9.17) is 16.7 Å². The van der Waals surface area contributed by atoms with Gasteiger partial charge in [-0.05, 0) is 24.3 Å². The first-order valence-corrected chi connectivity index (χ1v) is 6.09. The molecule has 0 bridgehead atoms. The number of benzene rings is 1. The lowest BCUT2D eigenvalue weighted by Gasteiger charge is -2.21. The highest BCUT2D eigenvalue weighted by Crippen LogP contribution is 2.20. The fourth-order valence-corrected chi connectivity index (χ4v) is 2.13. The Morgan fingerprint density at radius 2 is 1.95 bits per heavy atom. The topological polar surface area (TPSA) is 89.9 Å². The van der Waals surface area contributed by atoms with Crippen LogP contribution in [0.3, 0.4) is 0 Å². The van der Waals surface area contributed by atoms with Crippen molar-refractivity contribution in [3.05, 3.63) is 29.3 Å². The van der Waals surface area contributed by atoms with Crippen LogP contribution >= 0.6 is 11.6 Å². The third-order valence-electron chi connectivity index (χ3n) is 2.92. The molecule has 1 aliphatic heterocycles. The molecule has 0 aliphatic carbocycles. The maximum Gasteiger partial charge on any atom is 0.326 e. The molecule has 2 rings (SSSR count). The summed E-state index contributed by atoms with van der Waals surface area (Å²) < 4.78 is 0. The third-order valence-corrected chi connectivity index (χ3v) is 3.17. The van der Waals surface area contributed by atoms with Crippen LogP contribution in [0.2, 0.25) is 5.02 Å². The number of nitrogens with zero attached hydrogens (tertiary/aromatic N) is 1. The second kappa shape index (κ2) is 5.46. The summed E-state index contributed by atoms with van der Waals surface area (Å²) in [4.78, 5) is 24.1. The minimum absolute atomic E-state index is 0.0103. The number of hydrogen-bond donors (Lipinski definition) is 3. The van der Waals surface area contributed by atoms with E-state index in [9.17, 15) is 14.7 Å². The molecule has 1 aliphatic rings. The van der Waals surface area contributed by atoms with Gasteiger partial charge in [0.25, 0.3) is 0 Å². The summed E-state index contributed by atoms with van der Waals surface area (Å²) in [6.45, 7) is 0.0103. The molecule has 6 nitrogen and oxygen atoms in total. The van der Waals surface area contributed by atoms with E-state index in [2.05, 4.69) is 5.32 Å². The molecule has 1 fully saturated rings. The standard InChI is InChI=1S/C12H13ClN2O4/c13-7-1-3-8(4-2-7)14-12(19)15-6-9(16)5-10(15)11(17)18/h1-4,9-10,16H,5-6H2,(H,14,19)(H,17,18)/t9?,10-/m1/s1. The molecule has 7 heteroatoms. The summed E-state index contributed by atoms with van der Waals surface area (Å²) in [7, 11) is 0. The Balaban J connectivity index is 2.06. The van der Waals surface area contributed by atoms with Crippen molar-refractivity contribution in [2.75, 3.05) is 11.9 Å². The Labute approximate surface area is 114 Å². The highest BCUT2D eigenvalue weighted by molar-refractivity contribution is 6.30. The normalized spacial score (nSPS) is 22.3. The smallest absolute Gasteiger partial charge is 0.326 e. The second-order valence-corrected chi connectivity index (χ2v) is 4.77. The molecular formula is C12H13ClN2O4. The SMILES string of the molecule is O=C(O)[C@H]1CC(O)CN1C(=O)Nc1ccc(Cl)cc1. The fourth-order valence-electron chi connectivity index (χ4n) is 2.00. The number of anilines is 1. The zero-order chi connectivity index (χ0) is 14.0. The van der Waals surface area contributed by atoms with E-state index >= 15 is 0 Å². The van der Waals surface area contributed by atoms with Gasteiger partial charge in [0.15, 0.2) is 0 Å². The average molecular weight is 285 g/mol. The number of rotatable bonds is 2. The van der Waals surface area contributed by atoms with Gasteiger partial charge in [-0.15, -0.1) is 0 Å². The molecule has 1 heterocycles. The van der Waals surface area contributed by atoms with E-state index in [1.165, 1.54) is 0 Å². The Bertz CT molecular complexity index is 491. The quantitative estimate of drug-likeness (QED) is 0.765. The first-order valence-electron chi connectivity index (χ1n) is 5.71. The number of aliphatic hydroxyl groups is 1. The van der Waals surface area contributed by atoms with Crippen molar-refractivity contribution in [3.8, 4) is 0 Å². The number of amides is 2. The number of carboxylic acid groups (broad SMARTS) is 1. The lowest BCUT2D eigenvalue weighted by molar-refractivity contribution is -0.141. The molecule has 1 unspecified atom stereocenters. The first-order chi connectivity index (χ1) is 8.97. The van der Waals surface area contributed by atoms with Gasteiger partial charge in [0, 0.05) is 23.7 Å². The molecule has 19 heavy (non-hydrogen) atoms. The lowest BCUT2D eigenvalue weighted by Crippen LogP contribution is -2.43. The van der Waals surface area contributed by atoms with Gasteiger partial charge in [-0.1, -0.05) is 11.6 Å². The molecule has 102 valence electrons. The summed E-state index contributed by atoms with van der Waals surface area (Å²) in [5.74, 6) is -1.12. The molecule has 0 saturated carbocycles. The molecule has 0 spiro atoms. The van der Waals surface area contributed by atoms with Crippen molar-refractivity contribution >= 4 is 29.3 Å². The van der Waals surface area contributed by atoms with E-state index in [0.29, 0.717) is 10.7 Å². The van der Waals surface area contributed by atoms with Gasteiger partial charge in [-0.2, -0.15) is 0 Å². The van der Waals surface area contributed by atoms with Gasteiger partial charge < -0.3 is 20.4 Å². The van der Waals surface area contributed by atoms with Crippen molar-refractivity contribution in [3.63, 3.8) is 0 Å². The van der Waals surface area contributed by atoms with Crippen molar-refractivity contribution in [1.82, 2.24) is 4.90 Å². The number of carbonyl (C=O) groups is 2. The van der Waals surface area contributed by atoms with Gasteiger partial charge in [0.05, 0.1) is 6.10 Å². The summed E-state index contributed by atoms with van der Waals surface area (Å²) in [6.07, 6.45) is -0.763. The van der Waals surface area contributed by atoms with Crippen LogP contribution in [0.25, 0.3) is 0 Å². The first kappa shape index (κ1) is 13.6. The van der Waals surface area contributed by atoms with E-state index in [0.717, 1.165) is 4.90 Å². The zero-order valence-electron chi connectivity index (χ0n) is 9.91. The number of carbonyl (C=O) groups excluding carboxylic acids is 1. The molecule has 2 amide bonds. The van der Waals surface area contributed by atoms with Crippen molar-refractivity contribution < 1.29 is 19.8 Å². The zero-order valence-corrected chi connectivity index (χ0v) is 10.7. The number of aliphatic carboxylic acids is 1. The predicted octanol–water partition coefficient (Wildman–Crippen LogP) is 1.39. The molecule has 1 aromatic carbocycles. The minimum Gasteiger partial charge on any atom is -0.480 e. The summed E-state index contributed by atoms with van der Waals surface area (Å²) in [5, 5.41) is 21.6. The van der Waals surface area contributed by atoms with Crippen LogP contribution in [0.4, 0.5) is 10.5 Å². The van der Waals surface area contributed by atoms with E-state index < -0.39 is 24.1 Å². The summed E-state index contributed by atoms with van der Waals surface area (Å²) in [6, 6.07) is 4.91. The van der Waals surface area contributed by atoms with Crippen LogP contribution in [0.5, 0.6) is 0 Å². The maximum atomic E-state index is 12.0. The summed E-state index contributed by atoms with van der Waals surface area (Å²) in [5.41, 5.74) is 0.514. The molecule has 3 N–H and O–H groups in total. The Morgan fingerprint density at radius 3 is 2.53 bits per heavy atom. The molecule has 1 saturated heterocycles. The van der Waals surface area contributed by atoms with Gasteiger partial charge in [0.1, 0.15) is 6.04 Å². The van der Waals surface area contributed by atoms with Crippen LogP contribution < -0.4 is 5.32 Å². The number of aliphatic hydroxyl groups excluding tert-OH is 1. The minimum atomic E-state index is -1.12. The van der Waals surface area contributed by atoms with Crippen molar-refractivity contribution in [2.45, 2.75) is 18.6 Å². The van der Waals surface area contributed by atoms with Crippen LogP contribution in [0.15, 0.2) is 24.3 Å². The number of halogens is 1. The highest BCUT2D eigenvalue weighted by Gasteiger charge is 2.38.